The molecule has 0 bridgehead atoms. The highest BCUT2D eigenvalue weighted by Gasteiger charge is 2.06. The Hall–Kier alpha value is -2.14. The minimum Gasteiger partial charge on any atom is -0.497 e. The van der Waals surface area contributed by atoms with Crippen molar-refractivity contribution in [1.29, 1.82) is 0 Å². The third kappa shape index (κ3) is 2.95. The Morgan fingerprint density at radius 3 is 2.94 bits per heavy atom. The summed E-state index contributed by atoms with van der Waals surface area (Å²) in [5.41, 5.74) is 0.974. The molecule has 2 aromatic rings. The first-order valence-electron chi connectivity index (χ1n) is 5.20. The molecule has 1 heterocycles. The number of aromatic carboxylic acids is 1. The largest absolute Gasteiger partial charge is 0.497 e. The summed E-state index contributed by atoms with van der Waals surface area (Å²) < 4.78 is 5.12. The number of thiazole rings is 1. The molecule has 0 atom stereocenters. The van der Waals surface area contributed by atoms with Crippen molar-refractivity contribution in [1.82, 2.24) is 4.98 Å². The van der Waals surface area contributed by atoms with E-state index in [9.17, 15) is 4.79 Å². The zero-order chi connectivity index (χ0) is 13.0. The number of nitrogens with zero attached hydrogens (tertiary/aromatic N) is 1. The number of aromatic nitrogens is 1. The lowest BCUT2D eigenvalue weighted by Crippen LogP contribution is -1.89. The van der Waals surface area contributed by atoms with Gasteiger partial charge < -0.3 is 9.84 Å². The Balaban J connectivity index is 2.16. The van der Waals surface area contributed by atoms with Gasteiger partial charge in [-0.3, -0.25) is 0 Å². The highest BCUT2D eigenvalue weighted by Crippen LogP contribution is 2.18. The van der Waals surface area contributed by atoms with Crippen LogP contribution in [0.15, 0.2) is 30.5 Å². The minimum atomic E-state index is -0.950. The lowest BCUT2D eigenvalue weighted by atomic mass is 10.2. The van der Waals surface area contributed by atoms with Crippen LogP contribution < -0.4 is 4.74 Å². The molecule has 0 fully saturated rings. The van der Waals surface area contributed by atoms with Gasteiger partial charge in [-0.1, -0.05) is 18.2 Å². The van der Waals surface area contributed by atoms with Crippen LogP contribution in [-0.4, -0.2) is 23.2 Å². The Labute approximate surface area is 108 Å². The Morgan fingerprint density at radius 1 is 1.44 bits per heavy atom. The van der Waals surface area contributed by atoms with Gasteiger partial charge in [0, 0.05) is 0 Å². The van der Waals surface area contributed by atoms with Gasteiger partial charge in [0.25, 0.3) is 0 Å². The van der Waals surface area contributed by atoms with Crippen LogP contribution >= 0.6 is 11.3 Å². The number of ether oxygens (including phenoxy) is 1. The Kier molecular flexibility index (Phi) is 3.74. The van der Waals surface area contributed by atoms with Gasteiger partial charge >= 0.3 is 5.97 Å². The molecule has 1 aromatic heterocycles. The van der Waals surface area contributed by atoms with Crippen LogP contribution in [0.25, 0.3) is 12.2 Å². The van der Waals surface area contributed by atoms with E-state index in [1.54, 1.807) is 13.2 Å². The zero-order valence-corrected chi connectivity index (χ0v) is 10.5. The summed E-state index contributed by atoms with van der Waals surface area (Å²) in [7, 11) is 1.61. The van der Waals surface area contributed by atoms with Gasteiger partial charge in [-0.25, -0.2) is 9.78 Å². The molecule has 0 aliphatic rings. The van der Waals surface area contributed by atoms with E-state index in [1.165, 1.54) is 6.20 Å². The molecule has 0 saturated heterocycles. The average molecular weight is 261 g/mol. The second-order valence-electron chi connectivity index (χ2n) is 3.48. The molecule has 0 spiro atoms. The standard InChI is InChI=1S/C13H11NO3S/c1-17-10-4-2-3-9(7-10)5-6-12-14-8-11(18-12)13(15)16/h2-8H,1H3,(H,15,16). The van der Waals surface area contributed by atoms with E-state index >= 15 is 0 Å². The van der Waals surface area contributed by atoms with Crippen LogP contribution in [0.2, 0.25) is 0 Å². The van der Waals surface area contributed by atoms with Crippen LogP contribution in [0.1, 0.15) is 20.2 Å². The van der Waals surface area contributed by atoms with Crippen LogP contribution in [0.5, 0.6) is 5.75 Å². The number of methoxy groups -OCH3 is 1. The van der Waals surface area contributed by atoms with Gasteiger partial charge in [-0.05, 0) is 23.8 Å². The third-order valence-corrected chi connectivity index (χ3v) is 3.20. The van der Waals surface area contributed by atoms with Gasteiger partial charge in [-0.2, -0.15) is 0 Å². The smallest absolute Gasteiger partial charge is 0.347 e. The fraction of sp³-hybridized carbons (Fsp3) is 0.0769. The maximum absolute atomic E-state index is 10.7. The van der Waals surface area contributed by atoms with Crippen molar-refractivity contribution in [2.45, 2.75) is 0 Å². The molecular formula is C13H11NO3S. The monoisotopic (exact) mass is 261 g/mol. The highest BCUT2D eigenvalue weighted by molar-refractivity contribution is 7.14. The summed E-state index contributed by atoms with van der Waals surface area (Å²) in [4.78, 5) is 15.0. The molecule has 2 rings (SSSR count). The lowest BCUT2D eigenvalue weighted by Gasteiger charge is -1.99. The fourth-order valence-electron chi connectivity index (χ4n) is 1.38. The molecule has 0 saturated carbocycles. The third-order valence-electron chi connectivity index (χ3n) is 2.25. The molecule has 0 amide bonds. The quantitative estimate of drug-likeness (QED) is 0.919. The van der Waals surface area contributed by atoms with Crippen molar-refractivity contribution >= 4 is 29.5 Å². The SMILES string of the molecule is COc1cccc(C=Cc2ncc(C(=O)O)s2)c1. The molecule has 18 heavy (non-hydrogen) atoms. The number of hydrogen-bond donors (Lipinski definition) is 1. The molecule has 4 nitrogen and oxygen atoms in total. The van der Waals surface area contributed by atoms with E-state index in [2.05, 4.69) is 4.98 Å². The van der Waals surface area contributed by atoms with Crippen molar-refractivity contribution in [3.8, 4) is 5.75 Å². The molecular weight excluding hydrogens is 250 g/mol. The van der Waals surface area contributed by atoms with Gasteiger partial charge in [0.15, 0.2) is 0 Å². The summed E-state index contributed by atoms with van der Waals surface area (Å²) in [5, 5.41) is 9.44. The van der Waals surface area contributed by atoms with Crippen LogP contribution in [0.4, 0.5) is 0 Å². The predicted octanol–water partition coefficient (Wildman–Crippen LogP) is 3.02. The first-order chi connectivity index (χ1) is 8.69. The van der Waals surface area contributed by atoms with Crippen molar-refractivity contribution in [3.63, 3.8) is 0 Å². The number of carbonyl (C=O) groups is 1. The Bertz CT molecular complexity index is 589. The second-order valence-corrected chi connectivity index (χ2v) is 4.54. The first kappa shape index (κ1) is 12.3. The summed E-state index contributed by atoms with van der Waals surface area (Å²) in [6.45, 7) is 0. The van der Waals surface area contributed by atoms with E-state index in [-0.39, 0.29) is 4.88 Å². The summed E-state index contributed by atoms with van der Waals surface area (Å²) in [5.74, 6) is -0.170. The number of hydrogen-bond acceptors (Lipinski definition) is 4. The summed E-state index contributed by atoms with van der Waals surface area (Å²) >= 11 is 1.14. The van der Waals surface area contributed by atoms with Gasteiger partial charge in [0.2, 0.25) is 0 Å². The molecule has 0 radical (unpaired) electrons. The molecule has 1 N–H and O–H groups in total. The molecule has 0 aliphatic carbocycles. The van der Waals surface area contributed by atoms with Gasteiger partial charge in [0.1, 0.15) is 15.6 Å². The molecule has 92 valence electrons. The number of benzene rings is 1. The normalized spacial score (nSPS) is 10.7. The maximum Gasteiger partial charge on any atom is 0.347 e. The minimum absolute atomic E-state index is 0.236. The van der Waals surface area contributed by atoms with E-state index in [0.29, 0.717) is 5.01 Å². The van der Waals surface area contributed by atoms with Crippen LogP contribution in [-0.2, 0) is 0 Å². The van der Waals surface area contributed by atoms with E-state index in [0.717, 1.165) is 22.6 Å². The van der Waals surface area contributed by atoms with E-state index in [1.807, 2.05) is 30.3 Å². The number of carboxylic acid groups (broad SMARTS) is 1. The fourth-order valence-corrected chi connectivity index (χ4v) is 2.04. The molecule has 5 heteroatoms. The molecule has 1 aromatic carbocycles. The van der Waals surface area contributed by atoms with E-state index in [4.69, 9.17) is 9.84 Å². The summed E-state index contributed by atoms with van der Waals surface area (Å²) in [6, 6.07) is 7.58. The van der Waals surface area contributed by atoms with Crippen molar-refractivity contribution in [2.75, 3.05) is 7.11 Å². The van der Waals surface area contributed by atoms with Gasteiger partial charge in [-0.15, -0.1) is 11.3 Å². The zero-order valence-electron chi connectivity index (χ0n) is 9.66. The van der Waals surface area contributed by atoms with Crippen LogP contribution in [0.3, 0.4) is 0 Å². The molecule has 0 unspecified atom stereocenters. The summed E-state index contributed by atoms with van der Waals surface area (Å²) in [6.07, 6.45) is 5.01. The Morgan fingerprint density at radius 2 is 2.28 bits per heavy atom. The lowest BCUT2D eigenvalue weighted by molar-refractivity contribution is 0.0702. The molecule has 0 aliphatic heterocycles. The predicted molar refractivity (Wildman–Crippen MR) is 71.0 cm³/mol. The topological polar surface area (TPSA) is 59.4 Å². The number of carboxylic acids is 1. The van der Waals surface area contributed by atoms with Crippen molar-refractivity contribution in [2.24, 2.45) is 0 Å². The van der Waals surface area contributed by atoms with E-state index < -0.39 is 5.97 Å². The van der Waals surface area contributed by atoms with Crippen molar-refractivity contribution in [3.05, 3.63) is 45.9 Å². The first-order valence-corrected chi connectivity index (χ1v) is 6.02. The van der Waals surface area contributed by atoms with Gasteiger partial charge in [0.05, 0.1) is 13.3 Å². The van der Waals surface area contributed by atoms with Crippen molar-refractivity contribution < 1.29 is 14.6 Å². The average Bonchev–Trinajstić information content (AvgIpc) is 2.85. The van der Waals surface area contributed by atoms with Crippen LogP contribution in [0, 0.1) is 0 Å². The second kappa shape index (κ2) is 5.46. The highest BCUT2D eigenvalue weighted by atomic mass is 32.1. The maximum atomic E-state index is 10.7. The number of rotatable bonds is 4.